The van der Waals surface area contributed by atoms with E-state index in [1.165, 1.54) is 6.42 Å². The highest BCUT2D eigenvalue weighted by atomic mass is 32.2. The van der Waals surface area contributed by atoms with Crippen molar-refractivity contribution in [1.82, 2.24) is 0 Å². The van der Waals surface area contributed by atoms with Crippen LogP contribution < -0.4 is 5.73 Å². The number of rotatable bonds is 5. The first kappa shape index (κ1) is 14.3. The fourth-order valence-electron chi connectivity index (χ4n) is 1.79. The normalized spacial score (nSPS) is 16.5. The highest BCUT2D eigenvalue weighted by Gasteiger charge is 2.22. The molecule has 0 aromatic rings. The predicted octanol–water partition coefficient (Wildman–Crippen LogP) is 1.18. The van der Waals surface area contributed by atoms with E-state index in [2.05, 4.69) is 5.73 Å². The number of carbonyl (C=O) groups excluding carboxylic acids is 2. The third-order valence-electron chi connectivity index (χ3n) is 2.68. The highest BCUT2D eigenvalue weighted by Crippen LogP contribution is 2.24. The van der Waals surface area contributed by atoms with E-state index in [4.69, 9.17) is 9.47 Å². The first-order valence-electron chi connectivity index (χ1n) is 5.99. The molecule has 6 heteroatoms. The van der Waals surface area contributed by atoms with Crippen LogP contribution in [0.15, 0.2) is 0 Å². The Kier molecular flexibility index (Phi) is 7.04. The summed E-state index contributed by atoms with van der Waals surface area (Å²) in [6.07, 6.45) is 5.14. The van der Waals surface area contributed by atoms with Gasteiger partial charge in [0, 0.05) is 0 Å². The molecule has 0 unspecified atom stereocenters. The summed E-state index contributed by atoms with van der Waals surface area (Å²) in [5.74, 6) is 0.379. The molecule has 0 saturated heterocycles. The monoisotopic (exact) mass is 262 g/mol. The van der Waals surface area contributed by atoms with Crippen molar-refractivity contribution in [2.45, 2.75) is 32.1 Å². The predicted molar refractivity (Wildman–Crippen MR) is 64.2 cm³/mol. The van der Waals surface area contributed by atoms with Crippen molar-refractivity contribution < 1.29 is 24.8 Å². The molecular formula is C11H20NO4S+. The Hall–Kier alpha value is -0.750. The minimum atomic E-state index is -0.412. The molecule has 1 aliphatic rings. The van der Waals surface area contributed by atoms with Crippen LogP contribution in [-0.2, 0) is 14.3 Å². The number of esters is 1. The van der Waals surface area contributed by atoms with E-state index in [1.807, 2.05) is 0 Å². The molecule has 1 aliphatic carbocycles. The Balaban J connectivity index is 2.08. The number of hydrogen-bond acceptors (Lipinski definition) is 5. The van der Waals surface area contributed by atoms with Gasteiger partial charge in [-0.3, -0.25) is 4.79 Å². The summed E-state index contributed by atoms with van der Waals surface area (Å²) >= 11 is 1.05. The summed E-state index contributed by atoms with van der Waals surface area (Å²) in [5.41, 5.74) is 3.61. The Labute approximate surface area is 105 Å². The number of carbonyl (C=O) groups is 2. The fourth-order valence-corrected chi connectivity index (χ4v) is 2.23. The van der Waals surface area contributed by atoms with Gasteiger partial charge in [-0.1, -0.05) is 19.3 Å². The molecule has 1 fully saturated rings. The van der Waals surface area contributed by atoms with Crippen LogP contribution in [0.2, 0.25) is 0 Å². The number of quaternary nitrogens is 1. The van der Waals surface area contributed by atoms with Crippen molar-refractivity contribution in [3.63, 3.8) is 0 Å². The third-order valence-corrected chi connectivity index (χ3v) is 3.53. The molecule has 17 heavy (non-hydrogen) atoms. The van der Waals surface area contributed by atoms with Crippen LogP contribution in [-0.4, -0.2) is 30.4 Å². The molecule has 0 aromatic carbocycles. The molecule has 0 aromatic heterocycles. The average Bonchev–Trinajstić information content (AvgIpc) is 2.37. The second-order valence-corrected chi connectivity index (χ2v) is 5.04. The summed E-state index contributed by atoms with van der Waals surface area (Å²) in [4.78, 5) is 22.6. The van der Waals surface area contributed by atoms with Crippen molar-refractivity contribution in [3.05, 3.63) is 0 Å². The lowest BCUT2D eigenvalue weighted by molar-refractivity contribution is -0.360. The van der Waals surface area contributed by atoms with Gasteiger partial charge in [0.15, 0.2) is 0 Å². The molecular weight excluding hydrogens is 242 g/mol. The second kappa shape index (κ2) is 8.36. The molecule has 0 bridgehead atoms. The minimum absolute atomic E-state index is 0.00468. The van der Waals surface area contributed by atoms with Crippen molar-refractivity contribution in [2.24, 2.45) is 5.92 Å². The lowest BCUT2D eigenvalue weighted by Gasteiger charge is -2.19. The van der Waals surface area contributed by atoms with Gasteiger partial charge >= 0.3 is 11.3 Å². The lowest BCUT2D eigenvalue weighted by atomic mass is 9.89. The maximum absolute atomic E-state index is 11.6. The van der Waals surface area contributed by atoms with E-state index in [0.29, 0.717) is 12.3 Å². The number of thioether (sulfide) groups is 1. The summed E-state index contributed by atoms with van der Waals surface area (Å²) in [5, 5.41) is -0.412. The summed E-state index contributed by atoms with van der Waals surface area (Å²) in [6, 6.07) is 0. The summed E-state index contributed by atoms with van der Waals surface area (Å²) in [7, 11) is 0. The largest absolute Gasteiger partial charge is 0.428 e. The molecule has 0 atom stereocenters. The van der Waals surface area contributed by atoms with Gasteiger partial charge in [0.1, 0.15) is 0 Å². The van der Waals surface area contributed by atoms with Crippen LogP contribution in [0.5, 0.6) is 0 Å². The van der Waals surface area contributed by atoms with Gasteiger partial charge in [-0.2, -0.15) is 0 Å². The SMILES string of the molecule is [NH3+]CCSC(=O)OCOC(=O)C1CCCCC1. The van der Waals surface area contributed by atoms with Gasteiger partial charge < -0.3 is 15.2 Å². The zero-order valence-corrected chi connectivity index (χ0v) is 10.8. The first-order chi connectivity index (χ1) is 8.24. The third kappa shape index (κ3) is 5.93. The Morgan fingerprint density at radius 2 is 1.88 bits per heavy atom. The smallest absolute Gasteiger partial charge is 0.370 e. The van der Waals surface area contributed by atoms with Crippen LogP contribution in [0, 0.1) is 5.92 Å². The Morgan fingerprint density at radius 1 is 1.18 bits per heavy atom. The first-order valence-corrected chi connectivity index (χ1v) is 6.98. The average molecular weight is 262 g/mol. The molecule has 1 saturated carbocycles. The van der Waals surface area contributed by atoms with Crippen LogP contribution >= 0.6 is 11.8 Å². The zero-order valence-electron chi connectivity index (χ0n) is 9.98. The molecule has 0 aliphatic heterocycles. The quantitative estimate of drug-likeness (QED) is 0.594. The van der Waals surface area contributed by atoms with Gasteiger partial charge in [0.05, 0.1) is 18.2 Å². The summed E-state index contributed by atoms with van der Waals surface area (Å²) in [6.45, 7) is 0.403. The highest BCUT2D eigenvalue weighted by molar-refractivity contribution is 8.13. The van der Waals surface area contributed by atoms with E-state index < -0.39 is 5.30 Å². The van der Waals surface area contributed by atoms with Crippen molar-refractivity contribution in [1.29, 1.82) is 0 Å². The molecule has 5 nitrogen and oxygen atoms in total. The topological polar surface area (TPSA) is 80.2 Å². The van der Waals surface area contributed by atoms with Gasteiger partial charge in [-0.05, 0) is 24.6 Å². The van der Waals surface area contributed by atoms with Crippen molar-refractivity contribution in [2.75, 3.05) is 19.1 Å². The Morgan fingerprint density at radius 3 is 2.53 bits per heavy atom. The molecule has 0 radical (unpaired) electrons. The van der Waals surface area contributed by atoms with E-state index in [0.717, 1.165) is 37.4 Å². The maximum Gasteiger partial charge on any atom is 0.370 e. The number of ether oxygens (including phenoxy) is 2. The zero-order chi connectivity index (χ0) is 12.5. The van der Waals surface area contributed by atoms with Gasteiger partial charge in [-0.25, -0.2) is 4.79 Å². The van der Waals surface area contributed by atoms with Crippen molar-refractivity contribution in [3.8, 4) is 0 Å². The molecule has 1 rings (SSSR count). The lowest BCUT2D eigenvalue weighted by Crippen LogP contribution is -2.51. The van der Waals surface area contributed by atoms with Crippen LogP contribution in [0.3, 0.4) is 0 Å². The van der Waals surface area contributed by atoms with Gasteiger partial charge in [-0.15, -0.1) is 0 Å². The molecule has 0 amide bonds. The standard InChI is InChI=1S/C11H19NO4S/c12-6-7-17-11(14)16-8-15-10(13)9-4-2-1-3-5-9/h9H,1-8,12H2/p+1. The van der Waals surface area contributed by atoms with E-state index in [9.17, 15) is 9.59 Å². The van der Waals surface area contributed by atoms with Crippen molar-refractivity contribution >= 4 is 23.0 Å². The molecule has 98 valence electrons. The van der Waals surface area contributed by atoms with E-state index in [1.54, 1.807) is 0 Å². The van der Waals surface area contributed by atoms with Crippen LogP contribution in [0.1, 0.15) is 32.1 Å². The van der Waals surface area contributed by atoms with Gasteiger partial charge in [0.2, 0.25) is 6.79 Å². The maximum atomic E-state index is 11.6. The van der Waals surface area contributed by atoms with Crippen LogP contribution in [0.25, 0.3) is 0 Å². The number of hydrogen-bond donors (Lipinski definition) is 1. The van der Waals surface area contributed by atoms with Gasteiger partial charge in [0.25, 0.3) is 0 Å². The fraction of sp³-hybridized carbons (Fsp3) is 0.818. The Bertz CT molecular complexity index is 254. The molecule has 0 heterocycles. The second-order valence-electron chi connectivity index (χ2n) is 4.01. The van der Waals surface area contributed by atoms with E-state index >= 15 is 0 Å². The van der Waals surface area contributed by atoms with E-state index in [-0.39, 0.29) is 18.7 Å². The summed E-state index contributed by atoms with van der Waals surface area (Å²) < 4.78 is 9.68. The van der Waals surface area contributed by atoms with Crippen LogP contribution in [0.4, 0.5) is 4.79 Å². The molecule has 3 N–H and O–H groups in total. The minimum Gasteiger partial charge on any atom is -0.428 e. The molecule has 0 spiro atoms.